The van der Waals surface area contributed by atoms with E-state index in [1.165, 1.54) is 18.5 Å². The molecule has 0 fully saturated rings. The van der Waals surface area contributed by atoms with Gasteiger partial charge in [0, 0.05) is 31.0 Å². The van der Waals surface area contributed by atoms with Crippen molar-refractivity contribution in [3.63, 3.8) is 0 Å². The van der Waals surface area contributed by atoms with Crippen LogP contribution in [0.25, 0.3) is 11.1 Å². The number of aliphatic imine (C=N–C) groups is 2. The van der Waals surface area contributed by atoms with Crippen LogP contribution < -0.4 is 4.74 Å². The molecule has 3 aromatic rings. The van der Waals surface area contributed by atoms with Crippen LogP contribution in [0.5, 0.6) is 5.75 Å². The summed E-state index contributed by atoms with van der Waals surface area (Å²) in [6.45, 7) is 1.45. The van der Waals surface area contributed by atoms with Gasteiger partial charge in [-0.15, -0.1) is 13.2 Å². The topological polar surface area (TPSA) is 63.0 Å². The average Bonchev–Trinajstić information content (AvgIpc) is 3.20. The van der Waals surface area contributed by atoms with Gasteiger partial charge in [0.05, 0.1) is 6.34 Å². The van der Waals surface area contributed by atoms with Gasteiger partial charge in [0.2, 0.25) is 0 Å². The van der Waals surface area contributed by atoms with Crippen molar-refractivity contribution < 1.29 is 17.9 Å². The Morgan fingerprint density at radius 3 is 2.47 bits per heavy atom. The maximum absolute atomic E-state index is 12.6. The van der Waals surface area contributed by atoms with Crippen molar-refractivity contribution in [2.45, 2.75) is 18.3 Å². The standard InChI is InChI=1S/C23H18F3N5O/c24-23(25,26)32-20-7-5-18(6-8-20)22(21-29-9-2-10-31(21)15-30-22)19-4-1-3-16(11-19)17-12-27-14-28-13-17/h1,3-8,11-15H,2,9-10H2/t22-/m0/s1. The molecule has 2 aliphatic heterocycles. The van der Waals surface area contributed by atoms with Crippen molar-refractivity contribution >= 4 is 12.2 Å². The van der Waals surface area contributed by atoms with Gasteiger partial charge in [-0.1, -0.05) is 30.3 Å². The highest BCUT2D eigenvalue weighted by atomic mass is 19.4. The zero-order valence-electron chi connectivity index (χ0n) is 16.8. The first-order chi connectivity index (χ1) is 15.5. The third kappa shape index (κ3) is 3.59. The first-order valence-electron chi connectivity index (χ1n) is 10.0. The Bertz CT molecular complexity index is 1180. The highest BCUT2D eigenvalue weighted by molar-refractivity contribution is 6.07. The van der Waals surface area contributed by atoms with Crippen molar-refractivity contribution in [1.82, 2.24) is 14.9 Å². The number of hydrogen-bond donors (Lipinski definition) is 0. The zero-order chi connectivity index (χ0) is 22.2. The number of nitrogens with zero attached hydrogens (tertiary/aromatic N) is 5. The Kier molecular flexibility index (Phi) is 4.88. The molecule has 0 unspecified atom stereocenters. The Labute approximate surface area is 182 Å². The fraction of sp³-hybridized carbons (Fsp3) is 0.217. The minimum atomic E-state index is -4.75. The molecule has 162 valence electrons. The summed E-state index contributed by atoms with van der Waals surface area (Å²) in [4.78, 5) is 19.8. The molecule has 1 atom stereocenters. The Morgan fingerprint density at radius 1 is 0.938 bits per heavy atom. The summed E-state index contributed by atoms with van der Waals surface area (Å²) >= 11 is 0. The molecule has 0 spiro atoms. The van der Waals surface area contributed by atoms with Gasteiger partial charge in [0.25, 0.3) is 0 Å². The number of benzene rings is 2. The molecule has 0 aliphatic carbocycles. The minimum Gasteiger partial charge on any atom is -0.406 e. The van der Waals surface area contributed by atoms with Crippen molar-refractivity contribution in [1.29, 1.82) is 0 Å². The second-order valence-electron chi connectivity index (χ2n) is 7.49. The molecule has 9 heteroatoms. The van der Waals surface area contributed by atoms with Crippen LogP contribution in [0.2, 0.25) is 0 Å². The van der Waals surface area contributed by atoms with Gasteiger partial charge < -0.3 is 9.64 Å². The second kappa shape index (κ2) is 7.74. The lowest BCUT2D eigenvalue weighted by atomic mass is 9.81. The predicted octanol–water partition coefficient (Wildman–Crippen LogP) is 4.43. The number of rotatable bonds is 4. The van der Waals surface area contributed by atoms with Crippen LogP contribution >= 0.6 is 0 Å². The number of amidine groups is 1. The Balaban J connectivity index is 1.63. The van der Waals surface area contributed by atoms with Crippen molar-refractivity contribution in [2.75, 3.05) is 13.1 Å². The SMILES string of the molecule is FC(F)(F)Oc1ccc([C@@]2(c3cccc(-c4cncnc4)c3)N=CN3CCCN=C32)cc1. The fourth-order valence-corrected chi connectivity index (χ4v) is 4.12. The predicted molar refractivity (Wildman–Crippen MR) is 113 cm³/mol. The highest BCUT2D eigenvalue weighted by Gasteiger charge is 2.46. The number of halogens is 3. The van der Waals surface area contributed by atoms with E-state index in [-0.39, 0.29) is 5.75 Å². The molecule has 3 heterocycles. The highest BCUT2D eigenvalue weighted by Crippen LogP contribution is 2.42. The van der Waals surface area contributed by atoms with Gasteiger partial charge in [0.1, 0.15) is 17.9 Å². The summed E-state index contributed by atoms with van der Waals surface area (Å²) in [6, 6.07) is 13.6. The maximum atomic E-state index is 12.6. The number of alkyl halides is 3. The number of ether oxygens (including phenoxy) is 1. The van der Waals surface area contributed by atoms with Gasteiger partial charge in [0.15, 0.2) is 5.54 Å². The van der Waals surface area contributed by atoms with Crippen molar-refractivity contribution in [3.05, 3.63) is 78.4 Å². The molecule has 0 saturated heterocycles. The molecule has 5 rings (SSSR count). The van der Waals surface area contributed by atoms with Crippen LogP contribution in [0.15, 0.2) is 77.2 Å². The molecule has 0 bridgehead atoms. The summed E-state index contributed by atoms with van der Waals surface area (Å²) in [5, 5.41) is 0. The molecular weight excluding hydrogens is 419 g/mol. The van der Waals surface area contributed by atoms with E-state index in [0.29, 0.717) is 12.1 Å². The Morgan fingerprint density at radius 2 is 1.72 bits per heavy atom. The lowest BCUT2D eigenvalue weighted by Crippen LogP contribution is -2.43. The second-order valence-corrected chi connectivity index (χ2v) is 7.49. The third-order valence-corrected chi connectivity index (χ3v) is 5.49. The third-order valence-electron chi connectivity index (χ3n) is 5.49. The van der Waals surface area contributed by atoms with E-state index in [1.54, 1.807) is 30.9 Å². The van der Waals surface area contributed by atoms with Crippen molar-refractivity contribution in [3.8, 4) is 16.9 Å². The molecule has 2 aliphatic rings. The summed E-state index contributed by atoms with van der Waals surface area (Å²) in [5.74, 6) is 0.478. The van der Waals surface area contributed by atoms with Gasteiger partial charge in [-0.2, -0.15) is 0 Å². The smallest absolute Gasteiger partial charge is 0.406 e. The maximum Gasteiger partial charge on any atom is 0.573 e. The molecular formula is C23H18F3N5O. The normalized spacial score (nSPS) is 20.1. The quantitative estimate of drug-likeness (QED) is 0.606. The first kappa shape index (κ1) is 20.2. The lowest BCUT2D eigenvalue weighted by molar-refractivity contribution is -0.274. The molecule has 2 aromatic carbocycles. The van der Waals surface area contributed by atoms with Gasteiger partial charge >= 0.3 is 6.36 Å². The number of aromatic nitrogens is 2. The molecule has 32 heavy (non-hydrogen) atoms. The lowest BCUT2D eigenvalue weighted by Gasteiger charge is -2.33. The van der Waals surface area contributed by atoms with Crippen LogP contribution in [0.4, 0.5) is 13.2 Å². The Hall–Kier alpha value is -3.75. The van der Waals surface area contributed by atoms with Crippen LogP contribution in [0.3, 0.4) is 0 Å². The van der Waals surface area contributed by atoms with Crippen LogP contribution in [-0.2, 0) is 5.54 Å². The zero-order valence-corrected chi connectivity index (χ0v) is 16.8. The van der Waals surface area contributed by atoms with Gasteiger partial charge in [-0.05, 0) is 41.3 Å². The van der Waals surface area contributed by atoms with E-state index in [9.17, 15) is 13.2 Å². The summed E-state index contributed by atoms with van der Waals surface area (Å²) < 4.78 is 41.9. The largest absolute Gasteiger partial charge is 0.573 e. The minimum absolute atomic E-state index is 0.281. The molecule has 6 nitrogen and oxygen atoms in total. The number of hydrogen-bond acceptors (Lipinski definition) is 6. The van der Waals surface area contributed by atoms with Gasteiger partial charge in [-0.3, -0.25) is 9.98 Å². The molecule has 0 saturated carbocycles. The average molecular weight is 437 g/mol. The van der Waals surface area contributed by atoms with E-state index in [2.05, 4.69) is 14.7 Å². The van der Waals surface area contributed by atoms with E-state index < -0.39 is 11.9 Å². The van der Waals surface area contributed by atoms with Crippen LogP contribution in [0, 0.1) is 0 Å². The van der Waals surface area contributed by atoms with E-state index in [4.69, 9.17) is 9.98 Å². The summed E-state index contributed by atoms with van der Waals surface area (Å²) in [6.07, 6.45) is 2.84. The molecule has 0 amide bonds. The molecule has 0 radical (unpaired) electrons. The van der Waals surface area contributed by atoms with E-state index >= 15 is 0 Å². The van der Waals surface area contributed by atoms with Crippen molar-refractivity contribution in [2.24, 2.45) is 9.98 Å². The van der Waals surface area contributed by atoms with E-state index in [1.807, 2.05) is 29.2 Å². The summed E-state index contributed by atoms with van der Waals surface area (Å²) in [5.41, 5.74) is 2.34. The van der Waals surface area contributed by atoms with Gasteiger partial charge in [-0.25, -0.2) is 9.97 Å². The van der Waals surface area contributed by atoms with E-state index in [0.717, 1.165) is 35.5 Å². The summed E-state index contributed by atoms with van der Waals surface area (Å²) in [7, 11) is 0. The monoisotopic (exact) mass is 437 g/mol. The van der Waals surface area contributed by atoms with Crippen LogP contribution in [-0.4, -0.2) is 46.5 Å². The fourth-order valence-electron chi connectivity index (χ4n) is 4.12. The molecule has 1 aromatic heterocycles. The molecule has 0 N–H and O–H groups in total. The number of fused-ring (bicyclic) bond motifs is 1. The van der Waals surface area contributed by atoms with Crippen LogP contribution in [0.1, 0.15) is 17.5 Å². The first-order valence-corrected chi connectivity index (χ1v) is 10.0.